The standard InChI is InChI=1S/C15H17N3O6/c19-12(16-6-8-24-9-13(20)21)5-7-18-15(23)11-4-2-1-3-10(11)14(22)17-18/h1-4H,5-9H2,(H,16,19)(H,17,22)(H,20,21). The van der Waals surface area contributed by atoms with Crippen molar-refractivity contribution in [2.24, 2.45) is 0 Å². The number of amides is 1. The van der Waals surface area contributed by atoms with Crippen molar-refractivity contribution in [2.75, 3.05) is 19.8 Å². The Morgan fingerprint density at radius 3 is 2.62 bits per heavy atom. The van der Waals surface area contributed by atoms with Crippen LogP contribution in [0.4, 0.5) is 0 Å². The van der Waals surface area contributed by atoms with Gasteiger partial charge in [-0.25, -0.2) is 9.48 Å². The fourth-order valence-electron chi connectivity index (χ4n) is 2.13. The number of aryl methyl sites for hydroxylation is 1. The molecule has 9 heteroatoms. The van der Waals surface area contributed by atoms with Crippen LogP contribution < -0.4 is 16.4 Å². The Morgan fingerprint density at radius 2 is 1.92 bits per heavy atom. The lowest BCUT2D eigenvalue weighted by Gasteiger charge is -2.08. The highest BCUT2D eigenvalue weighted by Crippen LogP contribution is 2.02. The third kappa shape index (κ3) is 4.53. The number of carboxylic acids is 1. The number of aromatic amines is 1. The van der Waals surface area contributed by atoms with Crippen LogP contribution in [0.2, 0.25) is 0 Å². The van der Waals surface area contributed by atoms with Crippen LogP contribution in [0.3, 0.4) is 0 Å². The van der Waals surface area contributed by atoms with Crippen molar-refractivity contribution in [3.63, 3.8) is 0 Å². The van der Waals surface area contributed by atoms with Gasteiger partial charge in [0.15, 0.2) is 0 Å². The molecule has 3 N–H and O–H groups in total. The minimum absolute atomic E-state index is 0.00683. The van der Waals surface area contributed by atoms with Crippen molar-refractivity contribution < 1.29 is 19.4 Å². The summed E-state index contributed by atoms with van der Waals surface area (Å²) in [6.07, 6.45) is -0.00683. The Hall–Kier alpha value is -2.94. The van der Waals surface area contributed by atoms with Crippen LogP contribution in [-0.2, 0) is 20.9 Å². The summed E-state index contributed by atoms with van der Waals surface area (Å²) in [4.78, 5) is 46.1. The van der Waals surface area contributed by atoms with Crippen molar-refractivity contribution >= 4 is 22.6 Å². The summed E-state index contributed by atoms with van der Waals surface area (Å²) in [5.74, 6) is -1.42. The summed E-state index contributed by atoms with van der Waals surface area (Å²) in [7, 11) is 0. The summed E-state index contributed by atoms with van der Waals surface area (Å²) in [6.45, 7) is -0.162. The monoisotopic (exact) mass is 335 g/mol. The van der Waals surface area contributed by atoms with E-state index in [-0.39, 0.29) is 37.6 Å². The number of hydrogen-bond acceptors (Lipinski definition) is 5. The molecule has 9 nitrogen and oxygen atoms in total. The second-order valence-corrected chi connectivity index (χ2v) is 4.99. The zero-order chi connectivity index (χ0) is 17.5. The molecule has 1 heterocycles. The maximum atomic E-state index is 12.2. The molecule has 0 saturated heterocycles. The van der Waals surface area contributed by atoms with Crippen LogP contribution >= 0.6 is 0 Å². The van der Waals surface area contributed by atoms with Crippen LogP contribution in [0.25, 0.3) is 10.8 Å². The molecule has 128 valence electrons. The molecule has 0 fully saturated rings. The predicted molar refractivity (Wildman–Crippen MR) is 84.9 cm³/mol. The fraction of sp³-hybridized carbons (Fsp3) is 0.333. The van der Waals surface area contributed by atoms with E-state index >= 15 is 0 Å². The molecule has 0 saturated carbocycles. The summed E-state index contributed by atoms with van der Waals surface area (Å²) >= 11 is 0. The molecule has 2 rings (SSSR count). The highest BCUT2D eigenvalue weighted by Gasteiger charge is 2.08. The van der Waals surface area contributed by atoms with Crippen molar-refractivity contribution in [3.05, 3.63) is 45.0 Å². The molecule has 0 atom stereocenters. The maximum absolute atomic E-state index is 12.2. The lowest BCUT2D eigenvalue weighted by atomic mass is 10.2. The Morgan fingerprint density at radius 1 is 1.21 bits per heavy atom. The molecule has 24 heavy (non-hydrogen) atoms. The average Bonchev–Trinajstić information content (AvgIpc) is 2.56. The van der Waals surface area contributed by atoms with E-state index in [0.717, 1.165) is 4.68 Å². The van der Waals surface area contributed by atoms with E-state index in [1.165, 1.54) is 0 Å². The molecule has 1 aromatic heterocycles. The van der Waals surface area contributed by atoms with Crippen molar-refractivity contribution in [3.8, 4) is 0 Å². The normalized spacial score (nSPS) is 10.7. The van der Waals surface area contributed by atoms with Gasteiger partial charge in [0.25, 0.3) is 11.1 Å². The van der Waals surface area contributed by atoms with Crippen LogP contribution in [0.1, 0.15) is 6.42 Å². The quantitative estimate of drug-likeness (QED) is 0.547. The van der Waals surface area contributed by atoms with E-state index in [2.05, 4.69) is 10.4 Å². The van der Waals surface area contributed by atoms with E-state index in [1.807, 2.05) is 0 Å². The molecule has 0 spiro atoms. The number of H-pyrrole nitrogens is 1. The number of benzene rings is 1. The van der Waals surface area contributed by atoms with Crippen molar-refractivity contribution in [1.29, 1.82) is 0 Å². The minimum Gasteiger partial charge on any atom is -0.480 e. The minimum atomic E-state index is -1.08. The first kappa shape index (κ1) is 17.4. The molecule has 0 aliphatic rings. The number of carbonyl (C=O) groups excluding carboxylic acids is 1. The molecule has 0 aliphatic carbocycles. The number of hydrogen-bond donors (Lipinski definition) is 3. The van der Waals surface area contributed by atoms with Gasteiger partial charge in [-0.15, -0.1) is 0 Å². The van der Waals surface area contributed by atoms with Gasteiger partial charge in [-0.1, -0.05) is 12.1 Å². The number of aromatic nitrogens is 2. The number of nitrogens with one attached hydrogen (secondary N) is 2. The lowest BCUT2D eigenvalue weighted by molar-refractivity contribution is -0.142. The Balaban J connectivity index is 1.90. The number of carboxylic acid groups (broad SMARTS) is 1. The first-order valence-corrected chi connectivity index (χ1v) is 7.27. The van der Waals surface area contributed by atoms with E-state index in [9.17, 15) is 19.2 Å². The number of fused-ring (bicyclic) bond motifs is 1. The Labute approximate surface area is 135 Å². The topological polar surface area (TPSA) is 130 Å². The van der Waals surface area contributed by atoms with Gasteiger partial charge in [0, 0.05) is 13.0 Å². The summed E-state index contributed by atoms with van der Waals surface area (Å²) in [6, 6.07) is 6.45. The van der Waals surface area contributed by atoms with Crippen LogP contribution in [0.5, 0.6) is 0 Å². The fourth-order valence-corrected chi connectivity index (χ4v) is 2.13. The van der Waals surface area contributed by atoms with Crippen LogP contribution in [0, 0.1) is 0 Å². The van der Waals surface area contributed by atoms with Gasteiger partial charge in [0.1, 0.15) is 6.61 Å². The molecular formula is C15H17N3O6. The second-order valence-electron chi connectivity index (χ2n) is 4.99. The molecule has 0 radical (unpaired) electrons. The number of rotatable bonds is 8. The van der Waals surface area contributed by atoms with Gasteiger partial charge < -0.3 is 15.2 Å². The summed E-state index contributed by atoms with van der Waals surface area (Å²) < 4.78 is 5.88. The number of nitrogens with zero attached hydrogens (tertiary/aromatic N) is 1. The van der Waals surface area contributed by atoms with Gasteiger partial charge in [-0.2, -0.15) is 0 Å². The number of ether oxygens (including phenoxy) is 1. The van der Waals surface area contributed by atoms with Gasteiger partial charge in [0.05, 0.1) is 23.9 Å². The lowest BCUT2D eigenvalue weighted by Crippen LogP contribution is -2.33. The molecule has 1 amide bonds. The molecule has 0 unspecified atom stereocenters. The SMILES string of the molecule is O=C(O)COCCNC(=O)CCn1[nH]c(=O)c2ccccc2c1=O. The smallest absolute Gasteiger partial charge is 0.329 e. The summed E-state index contributed by atoms with van der Waals surface area (Å²) in [5.41, 5.74) is -0.768. The molecule has 2 aromatic rings. The maximum Gasteiger partial charge on any atom is 0.329 e. The van der Waals surface area contributed by atoms with E-state index in [1.54, 1.807) is 24.3 Å². The predicted octanol–water partition coefficient (Wildman–Crippen LogP) is -0.703. The molecular weight excluding hydrogens is 318 g/mol. The largest absolute Gasteiger partial charge is 0.480 e. The van der Waals surface area contributed by atoms with E-state index < -0.39 is 18.1 Å². The Kier molecular flexibility index (Phi) is 5.85. The molecule has 0 aliphatic heterocycles. The van der Waals surface area contributed by atoms with Crippen molar-refractivity contribution in [1.82, 2.24) is 15.1 Å². The highest BCUT2D eigenvalue weighted by molar-refractivity contribution is 5.80. The zero-order valence-electron chi connectivity index (χ0n) is 12.8. The zero-order valence-corrected chi connectivity index (χ0v) is 12.8. The summed E-state index contributed by atoms with van der Waals surface area (Å²) in [5, 5.41) is 14.0. The van der Waals surface area contributed by atoms with Crippen LogP contribution in [-0.4, -0.2) is 46.5 Å². The third-order valence-corrected chi connectivity index (χ3v) is 3.24. The van der Waals surface area contributed by atoms with E-state index in [0.29, 0.717) is 10.8 Å². The van der Waals surface area contributed by atoms with E-state index in [4.69, 9.17) is 9.84 Å². The second kappa shape index (κ2) is 8.06. The average molecular weight is 335 g/mol. The molecule has 1 aromatic carbocycles. The van der Waals surface area contributed by atoms with Crippen LogP contribution in [0.15, 0.2) is 33.9 Å². The first-order chi connectivity index (χ1) is 11.5. The highest BCUT2D eigenvalue weighted by atomic mass is 16.5. The van der Waals surface area contributed by atoms with Gasteiger partial charge >= 0.3 is 5.97 Å². The number of aliphatic carboxylic acids is 1. The Bertz CT molecular complexity index is 854. The first-order valence-electron chi connectivity index (χ1n) is 7.27. The van der Waals surface area contributed by atoms with Gasteiger partial charge in [-0.3, -0.25) is 19.5 Å². The molecule has 0 bridgehead atoms. The van der Waals surface area contributed by atoms with Crippen molar-refractivity contribution in [2.45, 2.75) is 13.0 Å². The third-order valence-electron chi connectivity index (χ3n) is 3.24. The van der Waals surface area contributed by atoms with Gasteiger partial charge in [0.2, 0.25) is 5.91 Å². The number of carbonyl (C=O) groups is 2. The van der Waals surface area contributed by atoms with Gasteiger partial charge in [-0.05, 0) is 12.1 Å².